The van der Waals surface area contributed by atoms with E-state index in [-0.39, 0.29) is 38.1 Å². The van der Waals surface area contributed by atoms with Gasteiger partial charge in [-0.15, -0.1) is 0 Å². The van der Waals surface area contributed by atoms with E-state index < -0.39 is 36.8 Å². The molecule has 1 aliphatic heterocycles. The summed E-state index contributed by atoms with van der Waals surface area (Å²) in [6.45, 7) is -1.53. The molecular formula is C21H17Cl2F6N3O2. The minimum absolute atomic E-state index is 0.0210. The first-order valence-corrected chi connectivity index (χ1v) is 10.3. The normalized spacial score (nSPS) is 18.4. The average molecular weight is 528 g/mol. The first-order chi connectivity index (χ1) is 15.6. The number of carbonyl (C=O) groups is 1. The Morgan fingerprint density at radius 1 is 1.09 bits per heavy atom. The van der Waals surface area contributed by atoms with Crippen molar-refractivity contribution in [2.24, 2.45) is 5.16 Å². The van der Waals surface area contributed by atoms with Crippen LogP contribution in [-0.2, 0) is 10.4 Å². The molecule has 1 atom stereocenters. The summed E-state index contributed by atoms with van der Waals surface area (Å²) in [6, 6.07) is 7.29. The fourth-order valence-corrected chi connectivity index (χ4v) is 3.92. The first kappa shape index (κ1) is 26.0. The molecule has 2 aromatic carbocycles. The third-order valence-corrected chi connectivity index (χ3v) is 5.46. The van der Waals surface area contributed by atoms with Gasteiger partial charge in [0.05, 0.1) is 11.3 Å². The minimum atomic E-state index is -4.89. The number of rotatable bonds is 5. The molecule has 5 nitrogen and oxygen atoms in total. The maximum absolute atomic E-state index is 14.2. The summed E-state index contributed by atoms with van der Waals surface area (Å²) in [5.41, 5.74) is -3.00. The molecule has 0 bridgehead atoms. The summed E-state index contributed by atoms with van der Waals surface area (Å²) in [6.07, 6.45) is -10.2. The Hall–Kier alpha value is -2.66. The van der Waals surface area contributed by atoms with Gasteiger partial charge in [-0.3, -0.25) is 4.79 Å². The highest BCUT2D eigenvalue weighted by Crippen LogP contribution is 2.49. The molecule has 0 aromatic heterocycles. The Kier molecular flexibility index (Phi) is 7.01. The van der Waals surface area contributed by atoms with Crippen LogP contribution < -0.4 is 10.2 Å². The van der Waals surface area contributed by atoms with Crippen LogP contribution in [0.3, 0.4) is 0 Å². The second kappa shape index (κ2) is 9.18. The number of amides is 1. The van der Waals surface area contributed by atoms with Crippen LogP contribution in [0.4, 0.5) is 32.0 Å². The van der Waals surface area contributed by atoms with Crippen LogP contribution in [0.15, 0.2) is 41.6 Å². The van der Waals surface area contributed by atoms with E-state index in [1.165, 1.54) is 43.3 Å². The number of carbonyl (C=O) groups excluding carboxylic acids is 1. The van der Waals surface area contributed by atoms with Crippen molar-refractivity contribution in [1.29, 1.82) is 0 Å². The summed E-state index contributed by atoms with van der Waals surface area (Å²) in [5, 5.41) is 5.37. The van der Waals surface area contributed by atoms with E-state index in [9.17, 15) is 31.1 Å². The highest BCUT2D eigenvalue weighted by molar-refractivity contribution is 6.34. The summed E-state index contributed by atoms with van der Waals surface area (Å²) in [5.74, 6) is -0.990. The quantitative estimate of drug-likeness (QED) is 0.490. The zero-order chi connectivity index (χ0) is 25.5. The van der Waals surface area contributed by atoms with Crippen molar-refractivity contribution in [3.8, 4) is 0 Å². The van der Waals surface area contributed by atoms with E-state index in [2.05, 4.69) is 5.16 Å². The van der Waals surface area contributed by atoms with Crippen molar-refractivity contribution in [3.63, 3.8) is 0 Å². The van der Waals surface area contributed by atoms with Crippen LogP contribution in [0.1, 0.15) is 27.9 Å². The van der Waals surface area contributed by atoms with Gasteiger partial charge in [-0.25, -0.2) is 0 Å². The second-order valence-corrected chi connectivity index (χ2v) is 8.59. The van der Waals surface area contributed by atoms with Crippen molar-refractivity contribution in [3.05, 3.63) is 63.1 Å². The lowest BCUT2D eigenvalue weighted by Gasteiger charge is -2.29. The average Bonchev–Trinajstić information content (AvgIpc) is 3.17. The number of halogens is 8. The lowest BCUT2D eigenvalue weighted by Crippen LogP contribution is -2.42. The van der Waals surface area contributed by atoms with Gasteiger partial charge in [0.15, 0.2) is 0 Å². The molecule has 0 saturated carbocycles. The summed E-state index contributed by atoms with van der Waals surface area (Å²) in [7, 11) is 3.06. The van der Waals surface area contributed by atoms with Gasteiger partial charge in [0.1, 0.15) is 6.54 Å². The largest absolute Gasteiger partial charge is 0.435 e. The van der Waals surface area contributed by atoms with Gasteiger partial charge in [-0.1, -0.05) is 34.4 Å². The van der Waals surface area contributed by atoms with Gasteiger partial charge in [-0.2, -0.15) is 26.3 Å². The van der Waals surface area contributed by atoms with Crippen molar-refractivity contribution < 1.29 is 36.0 Å². The summed E-state index contributed by atoms with van der Waals surface area (Å²) < 4.78 is 79.9. The Morgan fingerprint density at radius 2 is 1.71 bits per heavy atom. The van der Waals surface area contributed by atoms with Crippen LogP contribution in [0.5, 0.6) is 0 Å². The van der Waals surface area contributed by atoms with E-state index in [4.69, 9.17) is 28.0 Å². The fourth-order valence-electron chi connectivity index (χ4n) is 3.39. The molecule has 1 amide bonds. The van der Waals surface area contributed by atoms with Crippen LogP contribution in [0, 0.1) is 0 Å². The smallest absolute Gasteiger partial charge is 0.377 e. The molecule has 1 N–H and O–H groups in total. The highest BCUT2D eigenvalue weighted by atomic mass is 35.5. The lowest BCUT2D eigenvalue weighted by atomic mass is 9.86. The standard InChI is InChI=1S/C21H17Cl2F6N3O2/c1-32(2)17-5-11(3-4-15(17)18(33)30-10-20(24,25)26)16-9-19(34-31-16,21(27,28)29)12-6-13(22)8-14(23)7-12/h3-8H,9-10H2,1-2H3,(H,30,33). The van der Waals surface area contributed by atoms with Crippen molar-refractivity contribution >= 4 is 40.5 Å². The van der Waals surface area contributed by atoms with Crippen molar-refractivity contribution in [1.82, 2.24) is 5.32 Å². The Morgan fingerprint density at radius 3 is 2.24 bits per heavy atom. The third kappa shape index (κ3) is 5.35. The number of nitrogens with zero attached hydrogens (tertiary/aromatic N) is 2. The van der Waals surface area contributed by atoms with Crippen LogP contribution >= 0.6 is 23.2 Å². The van der Waals surface area contributed by atoms with Gasteiger partial charge in [-0.05, 0) is 30.3 Å². The highest BCUT2D eigenvalue weighted by Gasteiger charge is 2.62. The number of hydrogen-bond donors (Lipinski definition) is 1. The zero-order valence-corrected chi connectivity index (χ0v) is 19.1. The number of hydrogen-bond acceptors (Lipinski definition) is 4. The maximum Gasteiger partial charge on any atom is 0.435 e. The molecule has 0 aliphatic carbocycles. The van der Waals surface area contributed by atoms with E-state index in [0.29, 0.717) is 0 Å². The van der Waals surface area contributed by atoms with Crippen LogP contribution in [-0.4, -0.2) is 44.6 Å². The van der Waals surface area contributed by atoms with Gasteiger partial charge >= 0.3 is 12.4 Å². The Balaban J connectivity index is 1.96. The molecule has 0 radical (unpaired) electrons. The molecule has 184 valence electrons. The molecule has 1 aliphatic rings. The molecule has 0 spiro atoms. The van der Waals surface area contributed by atoms with E-state index in [1.54, 1.807) is 5.32 Å². The molecule has 0 fully saturated rings. The predicted octanol–water partition coefficient (Wildman–Crippen LogP) is 5.93. The number of anilines is 1. The molecule has 0 saturated heterocycles. The Bertz CT molecular complexity index is 1110. The van der Waals surface area contributed by atoms with Gasteiger partial charge in [0.2, 0.25) is 0 Å². The molecule has 13 heteroatoms. The molecule has 1 unspecified atom stereocenters. The van der Waals surface area contributed by atoms with Gasteiger partial charge in [0.25, 0.3) is 11.5 Å². The van der Waals surface area contributed by atoms with Gasteiger partial charge in [0, 0.05) is 47.4 Å². The molecule has 3 rings (SSSR count). The summed E-state index contributed by atoms with van der Waals surface area (Å²) in [4.78, 5) is 18.7. The van der Waals surface area contributed by atoms with E-state index in [1.807, 2.05) is 0 Å². The van der Waals surface area contributed by atoms with Gasteiger partial charge < -0.3 is 15.1 Å². The van der Waals surface area contributed by atoms with Crippen molar-refractivity contribution in [2.75, 3.05) is 25.5 Å². The van der Waals surface area contributed by atoms with Crippen LogP contribution in [0.25, 0.3) is 0 Å². The van der Waals surface area contributed by atoms with Crippen molar-refractivity contribution in [2.45, 2.75) is 24.4 Å². The fraction of sp³-hybridized carbons (Fsp3) is 0.333. The molecule has 1 heterocycles. The number of nitrogens with one attached hydrogen (secondary N) is 1. The molecule has 34 heavy (non-hydrogen) atoms. The Labute approximate surface area is 200 Å². The number of benzene rings is 2. The second-order valence-electron chi connectivity index (χ2n) is 7.71. The van der Waals surface area contributed by atoms with Crippen LogP contribution in [0.2, 0.25) is 10.0 Å². The van der Waals surface area contributed by atoms with E-state index in [0.717, 1.165) is 12.1 Å². The molecule has 2 aromatic rings. The number of alkyl halides is 6. The molecular weight excluding hydrogens is 511 g/mol. The monoisotopic (exact) mass is 527 g/mol. The first-order valence-electron chi connectivity index (χ1n) is 9.58. The minimum Gasteiger partial charge on any atom is -0.377 e. The SMILES string of the molecule is CN(C)c1cc(C2=NOC(c3cc(Cl)cc(Cl)c3)(C(F)(F)F)C2)ccc1C(=O)NCC(F)(F)F. The number of oxime groups is 1. The van der Waals surface area contributed by atoms with E-state index >= 15 is 0 Å². The lowest BCUT2D eigenvalue weighted by molar-refractivity contribution is -0.275. The zero-order valence-electron chi connectivity index (χ0n) is 17.6. The maximum atomic E-state index is 14.2. The predicted molar refractivity (Wildman–Crippen MR) is 116 cm³/mol. The topological polar surface area (TPSA) is 53.9 Å². The summed E-state index contributed by atoms with van der Waals surface area (Å²) >= 11 is 11.8. The third-order valence-electron chi connectivity index (χ3n) is 5.02.